The minimum Gasteiger partial charge on any atom is -0.330 e. The molecule has 1 amide bonds. The van der Waals surface area contributed by atoms with Gasteiger partial charge in [0.05, 0.1) is 10.8 Å². The van der Waals surface area contributed by atoms with Gasteiger partial charge in [-0.15, -0.1) is 0 Å². The quantitative estimate of drug-likeness (QED) is 0.620. The van der Waals surface area contributed by atoms with Crippen LogP contribution in [0.2, 0.25) is 5.02 Å². The number of amides is 1. The lowest BCUT2D eigenvalue weighted by atomic mass is 10.0. The van der Waals surface area contributed by atoms with E-state index in [1.807, 2.05) is 6.92 Å². The third kappa shape index (κ3) is 4.18. The van der Waals surface area contributed by atoms with Crippen LogP contribution >= 0.6 is 11.6 Å². The summed E-state index contributed by atoms with van der Waals surface area (Å²) in [6.45, 7) is 2.15. The largest absolute Gasteiger partial charge is 0.330 e. The van der Waals surface area contributed by atoms with Gasteiger partial charge in [0.25, 0.3) is 5.69 Å². The molecule has 1 aromatic carbocycles. The molecule has 0 aromatic heterocycles. The van der Waals surface area contributed by atoms with Crippen LogP contribution in [0.5, 0.6) is 0 Å². The van der Waals surface area contributed by atoms with Crippen LogP contribution in [0.4, 0.5) is 11.4 Å². The maximum atomic E-state index is 11.9. The lowest BCUT2D eigenvalue weighted by Gasteiger charge is -2.14. The Morgan fingerprint density at radius 3 is 2.79 bits per heavy atom. The topological polar surface area (TPSA) is 98.3 Å². The summed E-state index contributed by atoms with van der Waals surface area (Å²) in [5.41, 5.74) is 5.42. The molecule has 0 aliphatic carbocycles. The van der Waals surface area contributed by atoms with Crippen molar-refractivity contribution >= 4 is 28.9 Å². The molecule has 0 heterocycles. The summed E-state index contributed by atoms with van der Waals surface area (Å²) in [6, 6.07) is 4.10. The molecule has 1 aromatic rings. The Morgan fingerprint density at radius 2 is 2.26 bits per heavy atom. The molecule has 0 spiro atoms. The van der Waals surface area contributed by atoms with Crippen LogP contribution in [0.15, 0.2) is 18.2 Å². The molecular formula is C12H16ClN3O3. The van der Waals surface area contributed by atoms with Crippen LogP contribution in [-0.2, 0) is 4.79 Å². The summed E-state index contributed by atoms with van der Waals surface area (Å²) >= 11 is 5.70. The van der Waals surface area contributed by atoms with Crippen molar-refractivity contribution in [2.75, 3.05) is 11.9 Å². The first-order valence-electron chi connectivity index (χ1n) is 5.94. The minimum atomic E-state index is -0.585. The number of nitrogens with two attached hydrogens (primary N) is 1. The predicted octanol–water partition coefficient (Wildman–Crippen LogP) is 2.56. The van der Waals surface area contributed by atoms with E-state index in [1.54, 1.807) is 0 Å². The average Bonchev–Trinajstić information content (AvgIpc) is 2.37. The normalized spacial score (nSPS) is 11.9. The highest BCUT2D eigenvalue weighted by molar-refractivity contribution is 6.31. The van der Waals surface area contributed by atoms with Crippen molar-refractivity contribution in [1.82, 2.24) is 0 Å². The highest BCUT2D eigenvalue weighted by Gasteiger charge is 2.20. The monoisotopic (exact) mass is 285 g/mol. The highest BCUT2D eigenvalue weighted by Crippen LogP contribution is 2.28. The van der Waals surface area contributed by atoms with E-state index in [2.05, 4.69) is 5.32 Å². The fraction of sp³-hybridized carbons (Fsp3) is 0.417. The summed E-state index contributed by atoms with van der Waals surface area (Å²) in [4.78, 5) is 22.3. The van der Waals surface area contributed by atoms with Gasteiger partial charge in [-0.3, -0.25) is 14.9 Å². The molecule has 6 nitrogen and oxygen atoms in total. The van der Waals surface area contributed by atoms with E-state index >= 15 is 0 Å². The van der Waals surface area contributed by atoms with Crippen LogP contribution in [0, 0.1) is 16.0 Å². The zero-order valence-corrected chi connectivity index (χ0v) is 11.3. The number of nitro benzene ring substituents is 1. The second kappa shape index (κ2) is 7.06. The van der Waals surface area contributed by atoms with E-state index in [9.17, 15) is 14.9 Å². The lowest BCUT2D eigenvalue weighted by molar-refractivity contribution is -0.383. The fourth-order valence-electron chi connectivity index (χ4n) is 1.70. The number of anilines is 1. The third-order valence-electron chi connectivity index (χ3n) is 2.71. The van der Waals surface area contributed by atoms with Crippen LogP contribution < -0.4 is 11.1 Å². The number of carbonyl (C=O) groups is 1. The number of hydrogen-bond donors (Lipinski definition) is 2. The first kappa shape index (κ1) is 15.4. The van der Waals surface area contributed by atoms with E-state index in [4.69, 9.17) is 17.3 Å². The van der Waals surface area contributed by atoms with Crippen molar-refractivity contribution < 1.29 is 9.72 Å². The Kier molecular flexibility index (Phi) is 5.72. The molecule has 0 radical (unpaired) electrons. The van der Waals surface area contributed by atoms with Crippen LogP contribution in [0.25, 0.3) is 0 Å². The summed E-state index contributed by atoms with van der Waals surface area (Å²) in [5, 5.41) is 13.7. The third-order valence-corrected chi connectivity index (χ3v) is 2.94. The van der Waals surface area contributed by atoms with E-state index in [1.165, 1.54) is 18.2 Å². The molecular weight excluding hydrogens is 270 g/mol. The molecule has 7 heteroatoms. The molecule has 0 aliphatic rings. The first-order chi connectivity index (χ1) is 8.99. The number of nitrogens with one attached hydrogen (secondary N) is 1. The maximum Gasteiger partial charge on any atom is 0.294 e. The molecule has 0 fully saturated rings. The van der Waals surface area contributed by atoms with E-state index in [0.717, 1.165) is 6.42 Å². The number of hydrogen-bond acceptors (Lipinski definition) is 4. The smallest absolute Gasteiger partial charge is 0.294 e. The number of carbonyl (C=O) groups excluding carboxylic acids is 1. The second-order valence-electron chi connectivity index (χ2n) is 4.13. The zero-order valence-electron chi connectivity index (χ0n) is 10.6. The molecule has 0 bridgehead atoms. The zero-order chi connectivity index (χ0) is 14.4. The Morgan fingerprint density at radius 1 is 1.58 bits per heavy atom. The second-order valence-corrected chi connectivity index (χ2v) is 4.57. The Balaban J connectivity index is 2.92. The van der Waals surface area contributed by atoms with Gasteiger partial charge in [-0.1, -0.05) is 24.9 Å². The van der Waals surface area contributed by atoms with Gasteiger partial charge in [0, 0.05) is 17.6 Å². The van der Waals surface area contributed by atoms with Crippen LogP contribution in [0.1, 0.15) is 19.8 Å². The van der Waals surface area contributed by atoms with Crippen molar-refractivity contribution in [3.05, 3.63) is 33.3 Å². The van der Waals surface area contributed by atoms with Crippen molar-refractivity contribution in [2.24, 2.45) is 11.7 Å². The summed E-state index contributed by atoms with van der Waals surface area (Å²) in [7, 11) is 0. The van der Waals surface area contributed by atoms with Crippen molar-refractivity contribution in [3.63, 3.8) is 0 Å². The molecule has 19 heavy (non-hydrogen) atoms. The molecule has 3 N–H and O–H groups in total. The van der Waals surface area contributed by atoms with Gasteiger partial charge in [-0.25, -0.2) is 0 Å². The highest BCUT2D eigenvalue weighted by atomic mass is 35.5. The van der Waals surface area contributed by atoms with Crippen molar-refractivity contribution in [1.29, 1.82) is 0 Å². The van der Waals surface area contributed by atoms with Gasteiger partial charge in [0.2, 0.25) is 5.91 Å². The Hall–Kier alpha value is -1.66. The maximum absolute atomic E-state index is 11.9. The predicted molar refractivity (Wildman–Crippen MR) is 74.2 cm³/mol. The number of rotatable bonds is 6. The summed E-state index contributed by atoms with van der Waals surface area (Å²) < 4.78 is 0. The molecule has 0 saturated carbocycles. The minimum absolute atomic E-state index is 0.133. The number of benzene rings is 1. The van der Waals surface area contributed by atoms with E-state index in [0.29, 0.717) is 6.42 Å². The lowest BCUT2D eigenvalue weighted by Crippen LogP contribution is -2.29. The molecule has 1 atom stereocenters. The van der Waals surface area contributed by atoms with Crippen molar-refractivity contribution in [3.8, 4) is 0 Å². The van der Waals surface area contributed by atoms with Gasteiger partial charge in [0.1, 0.15) is 5.69 Å². The molecule has 0 saturated heterocycles. The Bertz CT molecular complexity index is 479. The summed E-state index contributed by atoms with van der Waals surface area (Å²) in [5.74, 6) is -0.657. The van der Waals surface area contributed by atoms with E-state index in [-0.39, 0.29) is 34.8 Å². The van der Waals surface area contributed by atoms with Gasteiger partial charge < -0.3 is 11.1 Å². The molecule has 1 rings (SSSR count). The van der Waals surface area contributed by atoms with Crippen molar-refractivity contribution in [2.45, 2.75) is 19.8 Å². The fourth-order valence-corrected chi connectivity index (χ4v) is 1.87. The van der Waals surface area contributed by atoms with Gasteiger partial charge in [-0.2, -0.15) is 0 Å². The molecule has 104 valence electrons. The molecule has 1 unspecified atom stereocenters. The Labute approximate surface area is 116 Å². The first-order valence-corrected chi connectivity index (χ1v) is 6.32. The number of halogens is 1. The van der Waals surface area contributed by atoms with Gasteiger partial charge >= 0.3 is 0 Å². The SMILES string of the molecule is CCCC(CN)C(=O)Nc1ccc(Cl)cc1[N+](=O)[O-]. The van der Waals surface area contributed by atoms with E-state index < -0.39 is 4.92 Å². The van der Waals surface area contributed by atoms with Crippen LogP contribution in [-0.4, -0.2) is 17.4 Å². The summed E-state index contributed by atoms with van der Waals surface area (Å²) in [6.07, 6.45) is 1.46. The molecule has 0 aliphatic heterocycles. The number of nitrogens with zero attached hydrogens (tertiary/aromatic N) is 1. The van der Waals surface area contributed by atoms with Crippen LogP contribution in [0.3, 0.4) is 0 Å². The average molecular weight is 286 g/mol. The van der Waals surface area contributed by atoms with Gasteiger partial charge in [-0.05, 0) is 18.6 Å². The number of nitro groups is 1. The van der Waals surface area contributed by atoms with Gasteiger partial charge in [0.15, 0.2) is 0 Å². The standard InChI is InChI=1S/C12H16ClN3O3/c1-2-3-8(7-14)12(17)15-10-5-4-9(13)6-11(10)16(18)19/h4-6,8H,2-3,7,14H2,1H3,(H,15,17).